The number of ether oxygens (including phenoxy) is 4. The number of methoxy groups -OCH3 is 2. The fraction of sp³-hybridized carbons (Fsp3) is 0.667. The van der Waals surface area contributed by atoms with Crippen molar-refractivity contribution < 1.29 is 23.7 Å². The van der Waals surface area contributed by atoms with Crippen molar-refractivity contribution in [3.8, 4) is 11.5 Å². The number of rotatable bonds is 12. The molecule has 0 radical (unpaired) electrons. The van der Waals surface area contributed by atoms with Crippen LogP contribution in [0.5, 0.6) is 11.5 Å². The van der Waals surface area contributed by atoms with Gasteiger partial charge in [-0.25, -0.2) is 0 Å². The molecule has 28 heavy (non-hydrogen) atoms. The molecule has 1 fully saturated rings. The molecule has 1 heterocycles. The highest BCUT2D eigenvalue weighted by Crippen LogP contribution is 2.36. The molecule has 1 aromatic rings. The molecule has 1 aromatic carbocycles. The van der Waals surface area contributed by atoms with Gasteiger partial charge in [0, 0.05) is 5.33 Å². The van der Waals surface area contributed by atoms with Crippen LogP contribution in [0.15, 0.2) is 18.2 Å². The van der Waals surface area contributed by atoms with Crippen molar-refractivity contribution in [2.24, 2.45) is 5.92 Å². The summed E-state index contributed by atoms with van der Waals surface area (Å²) in [5.41, 5.74) is 1.09. The summed E-state index contributed by atoms with van der Waals surface area (Å²) in [6.45, 7) is 3.73. The van der Waals surface area contributed by atoms with Gasteiger partial charge < -0.3 is 24.3 Å². The van der Waals surface area contributed by atoms with Crippen LogP contribution in [-0.4, -0.2) is 58.4 Å². The lowest BCUT2D eigenvalue weighted by atomic mass is 9.82. The lowest BCUT2D eigenvalue weighted by Crippen LogP contribution is -2.29. The summed E-state index contributed by atoms with van der Waals surface area (Å²) < 4.78 is 21.7. The maximum absolute atomic E-state index is 12.0. The molecule has 1 aliphatic rings. The standard InChI is InChI=1S/C21H32BrNO5/c1-25-20-14-17(3-4-19(20)28-12-11-27-10-7-22)18(15-21(24)26-2)13-16-5-8-23-9-6-16/h3-4,14,16,18,23H,5-13,15H2,1-2H3. The predicted octanol–water partition coefficient (Wildman–Crippen LogP) is 3.52. The molecule has 1 unspecified atom stereocenters. The second-order valence-corrected chi connectivity index (χ2v) is 7.76. The third-order valence-electron chi connectivity index (χ3n) is 5.08. The Kier molecular flexibility index (Phi) is 10.7. The van der Waals surface area contributed by atoms with E-state index in [1.54, 1.807) is 7.11 Å². The van der Waals surface area contributed by atoms with Crippen molar-refractivity contribution in [3.05, 3.63) is 23.8 Å². The molecule has 1 aliphatic heterocycles. The number of esters is 1. The number of halogens is 1. The topological polar surface area (TPSA) is 66.0 Å². The molecule has 0 spiro atoms. The van der Waals surface area contributed by atoms with E-state index in [4.69, 9.17) is 18.9 Å². The van der Waals surface area contributed by atoms with Crippen LogP contribution in [0.3, 0.4) is 0 Å². The number of nitrogens with one attached hydrogen (secondary N) is 1. The Labute approximate surface area is 176 Å². The van der Waals surface area contributed by atoms with Crippen molar-refractivity contribution in [2.75, 3.05) is 52.5 Å². The van der Waals surface area contributed by atoms with Gasteiger partial charge in [0.15, 0.2) is 11.5 Å². The van der Waals surface area contributed by atoms with Gasteiger partial charge in [-0.15, -0.1) is 0 Å². The van der Waals surface area contributed by atoms with Crippen LogP contribution < -0.4 is 14.8 Å². The third kappa shape index (κ3) is 7.60. The zero-order valence-corrected chi connectivity index (χ0v) is 18.5. The summed E-state index contributed by atoms with van der Waals surface area (Å²) in [7, 11) is 3.08. The van der Waals surface area contributed by atoms with E-state index in [-0.39, 0.29) is 11.9 Å². The molecule has 1 atom stereocenters. The SMILES string of the molecule is COC(=O)CC(CC1CCNCC1)c1ccc(OCCOCCBr)c(OC)c1. The summed E-state index contributed by atoms with van der Waals surface area (Å²) in [6, 6.07) is 5.95. The minimum Gasteiger partial charge on any atom is -0.493 e. The van der Waals surface area contributed by atoms with E-state index >= 15 is 0 Å². The third-order valence-corrected chi connectivity index (χ3v) is 5.41. The first-order valence-electron chi connectivity index (χ1n) is 9.89. The number of carbonyl (C=O) groups is 1. The maximum atomic E-state index is 12.0. The Morgan fingerprint density at radius 2 is 1.96 bits per heavy atom. The number of hydrogen-bond acceptors (Lipinski definition) is 6. The molecule has 2 rings (SSSR count). The average Bonchev–Trinajstić information content (AvgIpc) is 2.73. The van der Waals surface area contributed by atoms with Gasteiger partial charge in [-0.1, -0.05) is 22.0 Å². The molecule has 0 saturated carbocycles. The Hall–Kier alpha value is -1.31. The van der Waals surface area contributed by atoms with E-state index in [0.717, 1.165) is 43.2 Å². The molecular weight excluding hydrogens is 426 g/mol. The second kappa shape index (κ2) is 13.0. The lowest BCUT2D eigenvalue weighted by molar-refractivity contribution is -0.141. The van der Waals surface area contributed by atoms with Crippen LogP contribution in [0.25, 0.3) is 0 Å². The number of alkyl halides is 1. The summed E-state index contributed by atoms with van der Waals surface area (Å²) in [5, 5.41) is 4.21. The zero-order chi connectivity index (χ0) is 20.2. The fourth-order valence-electron chi connectivity index (χ4n) is 3.57. The first-order chi connectivity index (χ1) is 13.7. The van der Waals surface area contributed by atoms with Gasteiger partial charge in [-0.05, 0) is 61.9 Å². The van der Waals surface area contributed by atoms with Crippen molar-refractivity contribution in [3.63, 3.8) is 0 Å². The van der Waals surface area contributed by atoms with E-state index in [1.165, 1.54) is 7.11 Å². The second-order valence-electron chi connectivity index (χ2n) is 6.97. The Morgan fingerprint density at radius 1 is 1.18 bits per heavy atom. The Morgan fingerprint density at radius 3 is 2.64 bits per heavy atom. The van der Waals surface area contributed by atoms with Gasteiger partial charge in [0.2, 0.25) is 0 Å². The first-order valence-corrected chi connectivity index (χ1v) is 11.0. The van der Waals surface area contributed by atoms with E-state index in [1.807, 2.05) is 18.2 Å². The van der Waals surface area contributed by atoms with Gasteiger partial charge in [-0.3, -0.25) is 4.79 Å². The van der Waals surface area contributed by atoms with E-state index in [2.05, 4.69) is 21.2 Å². The number of piperidine rings is 1. The number of hydrogen-bond donors (Lipinski definition) is 1. The van der Waals surface area contributed by atoms with Crippen LogP contribution in [0.4, 0.5) is 0 Å². The fourth-order valence-corrected chi connectivity index (χ4v) is 3.80. The predicted molar refractivity (Wildman–Crippen MR) is 113 cm³/mol. The summed E-state index contributed by atoms with van der Waals surface area (Å²) >= 11 is 3.33. The summed E-state index contributed by atoms with van der Waals surface area (Å²) in [6.07, 6.45) is 3.64. The van der Waals surface area contributed by atoms with Gasteiger partial charge in [0.25, 0.3) is 0 Å². The van der Waals surface area contributed by atoms with E-state index in [9.17, 15) is 4.79 Å². The molecule has 6 nitrogen and oxygen atoms in total. The minimum atomic E-state index is -0.179. The Bertz CT molecular complexity index is 592. The van der Waals surface area contributed by atoms with E-state index in [0.29, 0.717) is 43.7 Å². The highest BCUT2D eigenvalue weighted by Gasteiger charge is 2.24. The Balaban J connectivity index is 2.06. The minimum absolute atomic E-state index is 0.112. The molecule has 7 heteroatoms. The lowest BCUT2D eigenvalue weighted by Gasteiger charge is -2.27. The van der Waals surface area contributed by atoms with Crippen molar-refractivity contribution >= 4 is 21.9 Å². The van der Waals surface area contributed by atoms with Gasteiger partial charge >= 0.3 is 5.97 Å². The van der Waals surface area contributed by atoms with Crippen molar-refractivity contribution in [1.29, 1.82) is 0 Å². The molecular formula is C21H32BrNO5. The zero-order valence-electron chi connectivity index (χ0n) is 16.9. The van der Waals surface area contributed by atoms with Crippen molar-refractivity contribution in [1.82, 2.24) is 5.32 Å². The molecule has 1 saturated heterocycles. The number of carbonyl (C=O) groups excluding carboxylic acids is 1. The highest BCUT2D eigenvalue weighted by atomic mass is 79.9. The summed E-state index contributed by atoms with van der Waals surface area (Å²) in [5.74, 6) is 1.91. The van der Waals surface area contributed by atoms with Crippen LogP contribution in [0.1, 0.15) is 37.2 Å². The van der Waals surface area contributed by atoms with Gasteiger partial charge in [0.05, 0.1) is 33.9 Å². The summed E-state index contributed by atoms with van der Waals surface area (Å²) in [4.78, 5) is 12.0. The smallest absolute Gasteiger partial charge is 0.306 e. The molecule has 0 aromatic heterocycles. The first kappa shape index (κ1) is 23.0. The van der Waals surface area contributed by atoms with E-state index < -0.39 is 0 Å². The van der Waals surface area contributed by atoms with Gasteiger partial charge in [-0.2, -0.15) is 0 Å². The molecule has 0 amide bonds. The van der Waals surface area contributed by atoms with Crippen LogP contribution in [-0.2, 0) is 14.3 Å². The largest absolute Gasteiger partial charge is 0.493 e. The van der Waals surface area contributed by atoms with Crippen LogP contribution in [0.2, 0.25) is 0 Å². The monoisotopic (exact) mass is 457 g/mol. The molecule has 1 N–H and O–H groups in total. The quantitative estimate of drug-likeness (QED) is 0.294. The normalized spacial score (nSPS) is 15.8. The van der Waals surface area contributed by atoms with Crippen LogP contribution in [0, 0.1) is 5.92 Å². The number of benzene rings is 1. The maximum Gasteiger partial charge on any atom is 0.306 e. The molecule has 0 aliphatic carbocycles. The van der Waals surface area contributed by atoms with Crippen LogP contribution >= 0.6 is 15.9 Å². The van der Waals surface area contributed by atoms with Crippen molar-refractivity contribution in [2.45, 2.75) is 31.6 Å². The average molecular weight is 458 g/mol. The molecule has 158 valence electrons. The molecule has 0 bridgehead atoms. The highest BCUT2D eigenvalue weighted by molar-refractivity contribution is 9.09. The van der Waals surface area contributed by atoms with Gasteiger partial charge in [0.1, 0.15) is 6.61 Å².